The number of hydrogen-bond acceptors (Lipinski definition) is 6. The fourth-order valence-electron chi connectivity index (χ4n) is 5.17. The van der Waals surface area contributed by atoms with Crippen LogP contribution in [0.3, 0.4) is 0 Å². The molecule has 6 rings (SSSR count). The molecule has 194 valence electrons. The van der Waals surface area contributed by atoms with E-state index in [1.165, 1.54) is 18.2 Å². The summed E-state index contributed by atoms with van der Waals surface area (Å²) >= 11 is 0. The first-order chi connectivity index (χ1) is 17.2. The summed E-state index contributed by atoms with van der Waals surface area (Å²) in [7, 11) is 0. The summed E-state index contributed by atoms with van der Waals surface area (Å²) in [5.74, 6) is -0.861. The summed E-state index contributed by atoms with van der Waals surface area (Å²) < 4.78 is 83.0. The van der Waals surface area contributed by atoms with Crippen molar-refractivity contribution in [2.75, 3.05) is 11.1 Å². The molecular formula is C23H18F6N6O2. The number of carbonyl (C=O) groups excluding carboxylic acids is 1. The highest BCUT2D eigenvalue weighted by molar-refractivity contribution is 5.91. The number of nitrogens with two attached hydrogens (primary N) is 1. The van der Waals surface area contributed by atoms with E-state index in [9.17, 15) is 36.4 Å². The van der Waals surface area contributed by atoms with Crippen molar-refractivity contribution in [3.8, 4) is 17.3 Å². The Hall–Kier alpha value is -4.02. The van der Waals surface area contributed by atoms with Crippen molar-refractivity contribution in [3.63, 3.8) is 0 Å². The van der Waals surface area contributed by atoms with Crippen LogP contribution in [0.5, 0.6) is 0 Å². The molecule has 2 aromatic heterocycles. The second-order valence-electron chi connectivity index (χ2n) is 9.58. The zero-order valence-electron chi connectivity index (χ0n) is 18.9. The third-order valence-electron chi connectivity index (χ3n) is 6.97. The van der Waals surface area contributed by atoms with Crippen LogP contribution in [0.4, 0.5) is 38.0 Å². The number of amides is 1. The van der Waals surface area contributed by atoms with E-state index in [0.717, 1.165) is 0 Å². The third-order valence-corrected chi connectivity index (χ3v) is 6.97. The fourth-order valence-corrected chi connectivity index (χ4v) is 5.17. The highest BCUT2D eigenvalue weighted by Gasteiger charge is 2.79. The second-order valence-corrected chi connectivity index (χ2v) is 9.58. The van der Waals surface area contributed by atoms with E-state index >= 15 is 0 Å². The van der Waals surface area contributed by atoms with E-state index in [1.54, 1.807) is 18.2 Å². The van der Waals surface area contributed by atoms with Gasteiger partial charge in [-0.1, -0.05) is 29.4 Å². The van der Waals surface area contributed by atoms with E-state index in [4.69, 9.17) is 10.3 Å². The normalized spacial score (nSPS) is 22.6. The zero-order valence-corrected chi connectivity index (χ0v) is 18.9. The molecular weight excluding hydrogens is 506 g/mol. The molecule has 0 atom stereocenters. The summed E-state index contributed by atoms with van der Waals surface area (Å²) in [6, 6.07) is 9.27. The topological polar surface area (TPSA) is 123 Å². The van der Waals surface area contributed by atoms with Crippen LogP contribution in [0.2, 0.25) is 0 Å². The molecule has 3 aliphatic carbocycles. The van der Waals surface area contributed by atoms with Crippen LogP contribution in [0.15, 0.2) is 34.9 Å². The Morgan fingerprint density at radius 1 is 1.16 bits per heavy atom. The predicted octanol–water partition coefficient (Wildman–Crippen LogP) is 4.72. The number of nitrogens with one attached hydrogen (secondary N) is 1. The van der Waals surface area contributed by atoms with Crippen molar-refractivity contribution >= 4 is 17.6 Å². The van der Waals surface area contributed by atoms with Crippen LogP contribution < -0.4 is 11.1 Å². The van der Waals surface area contributed by atoms with Crippen LogP contribution in [-0.2, 0) is 23.2 Å². The van der Waals surface area contributed by atoms with E-state index < -0.39 is 41.5 Å². The summed E-state index contributed by atoms with van der Waals surface area (Å²) in [4.78, 5) is 12.4. The Kier molecular flexibility index (Phi) is 5.33. The van der Waals surface area contributed by atoms with Gasteiger partial charge in [0, 0.05) is 17.0 Å². The monoisotopic (exact) mass is 524 g/mol. The number of aromatic nitrogens is 3. The van der Waals surface area contributed by atoms with E-state index in [2.05, 4.69) is 15.6 Å². The molecule has 37 heavy (non-hydrogen) atoms. The lowest BCUT2D eigenvalue weighted by molar-refractivity contribution is -0.338. The van der Waals surface area contributed by atoms with Crippen molar-refractivity contribution in [1.29, 1.82) is 5.26 Å². The van der Waals surface area contributed by atoms with Gasteiger partial charge in [-0.2, -0.15) is 36.7 Å². The highest BCUT2D eigenvalue weighted by atomic mass is 19.4. The zero-order chi connectivity index (χ0) is 26.8. The second kappa shape index (κ2) is 7.99. The number of nitrogen functional groups attached to an aromatic ring is 1. The molecule has 14 heteroatoms. The SMILES string of the molecule is N#Cc1c(-c2ccc(CC(=O)Nc3cc(C45CC(C(F)(F)F)(C4)C5)no3)cc2)nn(CC(F)(F)F)c1N. The van der Waals surface area contributed by atoms with E-state index in [-0.39, 0.29) is 42.8 Å². The lowest BCUT2D eigenvalue weighted by Gasteiger charge is -2.69. The number of benzene rings is 1. The van der Waals surface area contributed by atoms with Gasteiger partial charge in [0.1, 0.15) is 29.7 Å². The van der Waals surface area contributed by atoms with E-state index in [0.29, 0.717) is 21.5 Å². The first-order valence-corrected chi connectivity index (χ1v) is 11.0. The minimum absolute atomic E-state index is 0.0182. The molecule has 0 radical (unpaired) electrons. The standard InChI is InChI=1S/C23H18F6N6O2/c24-22(25,26)11-35-19(31)14(7-30)18(33-35)13-3-1-12(2-4-13)5-16(36)32-17-6-15(34-37-17)20-8-21(9-20,10-20)23(27,28)29/h1-4,6H,5,8-11,31H2,(H,32,36). The average molecular weight is 524 g/mol. The summed E-state index contributed by atoms with van der Waals surface area (Å²) in [5.41, 5.74) is 4.42. The quantitative estimate of drug-likeness (QED) is 0.450. The van der Waals surface area contributed by atoms with Crippen LogP contribution in [-0.4, -0.2) is 33.2 Å². The number of nitriles is 1. The number of halogens is 6. The molecule has 0 saturated heterocycles. The minimum atomic E-state index is -4.57. The molecule has 3 aliphatic rings. The van der Waals surface area contributed by atoms with Crippen molar-refractivity contribution in [2.24, 2.45) is 5.41 Å². The molecule has 3 fully saturated rings. The first kappa shape index (κ1) is 24.7. The Bertz CT molecular complexity index is 1390. The number of carbonyl (C=O) groups is 1. The number of anilines is 2. The van der Waals surface area contributed by atoms with Crippen molar-refractivity contribution in [1.82, 2.24) is 14.9 Å². The third kappa shape index (κ3) is 4.17. The molecule has 1 aromatic carbocycles. The maximum Gasteiger partial charge on any atom is 0.408 e. The van der Waals surface area contributed by atoms with Crippen LogP contribution in [0, 0.1) is 16.7 Å². The molecule has 2 bridgehead atoms. The van der Waals surface area contributed by atoms with Gasteiger partial charge in [-0.05, 0) is 24.8 Å². The van der Waals surface area contributed by atoms with Crippen molar-refractivity contribution in [3.05, 3.63) is 47.2 Å². The van der Waals surface area contributed by atoms with Crippen LogP contribution in [0.25, 0.3) is 11.3 Å². The molecule has 3 aromatic rings. The molecule has 1 amide bonds. The van der Waals surface area contributed by atoms with Crippen LogP contribution in [0.1, 0.15) is 36.1 Å². The van der Waals surface area contributed by atoms with Gasteiger partial charge >= 0.3 is 12.4 Å². The number of hydrogen-bond donors (Lipinski definition) is 2. The Balaban J connectivity index is 1.22. The molecule has 3 saturated carbocycles. The molecule has 0 spiro atoms. The number of nitrogens with zero attached hydrogens (tertiary/aromatic N) is 4. The predicted molar refractivity (Wildman–Crippen MR) is 116 cm³/mol. The van der Waals surface area contributed by atoms with Crippen molar-refractivity contribution in [2.45, 2.75) is 50.0 Å². The lowest BCUT2D eigenvalue weighted by Crippen LogP contribution is -2.70. The van der Waals surface area contributed by atoms with Gasteiger partial charge in [-0.25, -0.2) is 4.68 Å². The Labute approximate surface area is 205 Å². The van der Waals surface area contributed by atoms with Crippen LogP contribution >= 0.6 is 0 Å². The smallest absolute Gasteiger partial charge is 0.383 e. The van der Waals surface area contributed by atoms with E-state index in [1.807, 2.05) is 0 Å². The van der Waals surface area contributed by atoms with Gasteiger partial charge < -0.3 is 10.3 Å². The molecule has 0 aliphatic heterocycles. The minimum Gasteiger partial charge on any atom is -0.383 e. The van der Waals surface area contributed by atoms with Gasteiger partial charge in [0.15, 0.2) is 0 Å². The maximum atomic E-state index is 13.1. The highest BCUT2D eigenvalue weighted by Crippen LogP contribution is 2.78. The first-order valence-electron chi connectivity index (χ1n) is 11.0. The van der Waals surface area contributed by atoms with Gasteiger partial charge in [0.05, 0.1) is 17.5 Å². The summed E-state index contributed by atoms with van der Waals surface area (Å²) in [6.45, 7) is -1.45. The van der Waals surface area contributed by atoms with Gasteiger partial charge in [-0.15, -0.1) is 0 Å². The number of alkyl halides is 6. The summed E-state index contributed by atoms with van der Waals surface area (Å²) in [6.07, 6.45) is -9.03. The average Bonchev–Trinajstić information content (AvgIpc) is 3.29. The Morgan fingerprint density at radius 2 is 1.81 bits per heavy atom. The maximum absolute atomic E-state index is 13.1. The largest absolute Gasteiger partial charge is 0.408 e. The number of rotatable bonds is 6. The van der Waals surface area contributed by atoms with Gasteiger partial charge in [-0.3, -0.25) is 10.1 Å². The molecule has 3 N–H and O–H groups in total. The molecule has 0 unspecified atom stereocenters. The fraction of sp³-hybridized carbons (Fsp3) is 0.391. The summed E-state index contributed by atoms with van der Waals surface area (Å²) in [5, 5.41) is 19.5. The van der Waals surface area contributed by atoms with Crippen molar-refractivity contribution < 1.29 is 35.7 Å². The molecule has 8 nitrogen and oxygen atoms in total. The Morgan fingerprint density at radius 3 is 2.38 bits per heavy atom. The molecule has 2 heterocycles. The van der Waals surface area contributed by atoms with Gasteiger partial charge in [0.25, 0.3) is 0 Å². The lowest BCUT2D eigenvalue weighted by atomic mass is 9.34. The van der Waals surface area contributed by atoms with Gasteiger partial charge in [0.2, 0.25) is 11.8 Å².